The average Bonchev–Trinajstić information content (AvgIpc) is 3.64. The molecule has 0 bridgehead atoms. The van der Waals surface area contributed by atoms with Crippen LogP contribution in [-0.2, 0) is 6.54 Å². The van der Waals surface area contributed by atoms with Crippen molar-refractivity contribution in [3.63, 3.8) is 0 Å². The molecule has 0 unspecified atom stereocenters. The monoisotopic (exact) mass is 547 g/mol. The van der Waals surface area contributed by atoms with E-state index in [1.165, 1.54) is 0 Å². The minimum atomic E-state index is -1.02. The second kappa shape index (κ2) is 10.9. The summed E-state index contributed by atoms with van der Waals surface area (Å²) in [6.45, 7) is 4.60. The van der Waals surface area contributed by atoms with Gasteiger partial charge in [-0.25, -0.2) is 4.79 Å². The van der Waals surface area contributed by atoms with Crippen molar-refractivity contribution in [3.05, 3.63) is 95.8 Å². The van der Waals surface area contributed by atoms with Crippen LogP contribution >= 0.6 is 0 Å². The number of aryl methyl sites for hydroxylation is 1. The summed E-state index contributed by atoms with van der Waals surface area (Å²) in [5.41, 5.74) is 5.71. The third-order valence-electron chi connectivity index (χ3n) is 6.64. The molecular weight excluding hydrogens is 522 g/mol. The molecule has 0 aliphatic carbocycles. The molecule has 0 amide bonds. The summed E-state index contributed by atoms with van der Waals surface area (Å²) in [6, 6.07) is 20.9. The van der Waals surface area contributed by atoms with Gasteiger partial charge in [0.15, 0.2) is 0 Å². The number of benzene rings is 3. The molecule has 3 heterocycles. The average molecular weight is 548 g/mol. The number of pyridine rings is 1. The number of tetrazole rings is 1. The number of para-hydroxylation sites is 1. The van der Waals surface area contributed by atoms with Crippen molar-refractivity contribution in [1.29, 1.82) is 0 Å². The number of fused-ring (bicyclic) bond motifs is 1. The number of nitrogens with zero attached hydrogens (tertiary/aromatic N) is 6. The van der Waals surface area contributed by atoms with Crippen LogP contribution in [0.4, 0.5) is 0 Å². The van der Waals surface area contributed by atoms with Gasteiger partial charge in [0.05, 0.1) is 35.9 Å². The molecule has 6 rings (SSSR count). The quantitative estimate of drug-likeness (QED) is 0.239. The van der Waals surface area contributed by atoms with Crippen molar-refractivity contribution in [2.24, 2.45) is 0 Å². The zero-order chi connectivity index (χ0) is 28.3. The summed E-state index contributed by atoms with van der Waals surface area (Å²) in [4.78, 5) is 20.7. The molecular formula is C30H25N7O4. The van der Waals surface area contributed by atoms with E-state index >= 15 is 0 Å². The second-order valence-electron chi connectivity index (χ2n) is 9.27. The number of ether oxygens (including phenoxy) is 2. The van der Waals surface area contributed by atoms with E-state index in [1.807, 2.05) is 62.4 Å². The predicted molar refractivity (Wildman–Crippen MR) is 151 cm³/mol. The zero-order valence-electron chi connectivity index (χ0n) is 22.3. The highest BCUT2D eigenvalue weighted by Gasteiger charge is 2.19. The van der Waals surface area contributed by atoms with Gasteiger partial charge in [-0.05, 0) is 77.7 Å². The number of carboxylic acid groups (broad SMARTS) is 1. The largest absolute Gasteiger partial charge is 0.478 e. The molecule has 0 spiro atoms. The number of aromatic carboxylic acids is 1. The Morgan fingerprint density at radius 1 is 1.05 bits per heavy atom. The summed E-state index contributed by atoms with van der Waals surface area (Å²) in [5, 5.41) is 24.4. The van der Waals surface area contributed by atoms with Crippen molar-refractivity contribution in [2.75, 3.05) is 6.61 Å². The Balaban J connectivity index is 1.37. The van der Waals surface area contributed by atoms with Crippen LogP contribution in [0.1, 0.15) is 28.4 Å². The van der Waals surface area contributed by atoms with Crippen LogP contribution in [0, 0.1) is 6.92 Å². The molecule has 0 fully saturated rings. The highest BCUT2D eigenvalue weighted by molar-refractivity contribution is 6.01. The standard InChI is InChI=1S/C30H25N7O4/c1-3-40-30-32-25-6-4-5-23(29(38)39)27(25)37(30)17-19-7-9-20(10-8-19)24-15-21(41-26-16-31-14-13-18(26)2)11-12-22(24)28-33-35-36-34-28/h4-16H,3,17H2,1-2H3,(H,38,39)(H,33,34,35,36). The number of aromatic amines is 1. The maximum atomic E-state index is 12.0. The van der Waals surface area contributed by atoms with Gasteiger partial charge in [-0.1, -0.05) is 30.3 Å². The van der Waals surface area contributed by atoms with Crippen LogP contribution in [0.5, 0.6) is 17.5 Å². The zero-order valence-corrected chi connectivity index (χ0v) is 22.3. The molecule has 6 aromatic rings. The fraction of sp³-hybridized carbons (Fsp3) is 0.133. The summed E-state index contributed by atoms with van der Waals surface area (Å²) >= 11 is 0. The topological polar surface area (TPSA) is 141 Å². The lowest BCUT2D eigenvalue weighted by Crippen LogP contribution is -2.08. The Labute approximate surface area is 234 Å². The lowest BCUT2D eigenvalue weighted by molar-refractivity contribution is 0.0698. The molecule has 41 heavy (non-hydrogen) atoms. The van der Waals surface area contributed by atoms with Gasteiger partial charge >= 0.3 is 5.97 Å². The molecule has 2 N–H and O–H groups in total. The maximum Gasteiger partial charge on any atom is 0.337 e. The number of hydrogen-bond donors (Lipinski definition) is 2. The molecule has 11 heteroatoms. The Morgan fingerprint density at radius 3 is 2.63 bits per heavy atom. The molecule has 0 saturated heterocycles. The second-order valence-corrected chi connectivity index (χ2v) is 9.27. The summed E-state index contributed by atoms with van der Waals surface area (Å²) in [7, 11) is 0. The third-order valence-corrected chi connectivity index (χ3v) is 6.64. The molecule has 0 radical (unpaired) electrons. The minimum Gasteiger partial charge on any atom is -0.478 e. The van der Waals surface area contributed by atoms with E-state index in [4.69, 9.17) is 9.47 Å². The van der Waals surface area contributed by atoms with E-state index in [-0.39, 0.29) is 5.56 Å². The maximum absolute atomic E-state index is 12.0. The number of carbonyl (C=O) groups is 1. The highest BCUT2D eigenvalue weighted by Crippen LogP contribution is 2.36. The van der Waals surface area contributed by atoms with Crippen molar-refractivity contribution in [3.8, 4) is 40.0 Å². The van der Waals surface area contributed by atoms with Gasteiger partial charge in [-0.2, -0.15) is 10.2 Å². The van der Waals surface area contributed by atoms with Crippen molar-refractivity contribution in [1.82, 2.24) is 35.2 Å². The van der Waals surface area contributed by atoms with E-state index in [0.717, 1.165) is 27.8 Å². The first kappa shape index (κ1) is 25.7. The van der Waals surface area contributed by atoms with Gasteiger partial charge in [-0.3, -0.25) is 9.55 Å². The first-order chi connectivity index (χ1) is 20.0. The van der Waals surface area contributed by atoms with Gasteiger partial charge in [0.2, 0.25) is 5.82 Å². The van der Waals surface area contributed by atoms with Crippen molar-refractivity contribution < 1.29 is 19.4 Å². The molecule has 3 aromatic heterocycles. The van der Waals surface area contributed by atoms with Crippen molar-refractivity contribution >= 4 is 17.0 Å². The smallest absolute Gasteiger partial charge is 0.337 e. The van der Waals surface area contributed by atoms with E-state index in [0.29, 0.717) is 47.5 Å². The van der Waals surface area contributed by atoms with Crippen molar-refractivity contribution in [2.45, 2.75) is 20.4 Å². The van der Waals surface area contributed by atoms with Crippen LogP contribution in [0.15, 0.2) is 79.1 Å². The minimum absolute atomic E-state index is 0.169. The molecule has 204 valence electrons. The lowest BCUT2D eigenvalue weighted by atomic mass is 9.97. The van der Waals surface area contributed by atoms with E-state index < -0.39 is 5.97 Å². The molecule has 0 saturated carbocycles. The van der Waals surface area contributed by atoms with Gasteiger partial charge in [0.25, 0.3) is 6.01 Å². The number of imidazole rings is 1. The van der Waals surface area contributed by atoms with E-state index in [2.05, 4.69) is 30.6 Å². The number of hydrogen-bond acceptors (Lipinski definition) is 8. The summed E-state index contributed by atoms with van der Waals surface area (Å²) < 4.78 is 13.7. The number of nitrogens with one attached hydrogen (secondary N) is 1. The number of rotatable bonds is 9. The Hall–Kier alpha value is -5.58. The first-order valence-electron chi connectivity index (χ1n) is 12.9. The fourth-order valence-electron chi connectivity index (χ4n) is 4.68. The SMILES string of the molecule is CCOc1nc2cccc(C(=O)O)c2n1Cc1ccc(-c2cc(Oc3cnccc3C)ccc2-c2nn[nH]n2)cc1. The van der Waals surface area contributed by atoms with Crippen LogP contribution < -0.4 is 9.47 Å². The lowest BCUT2D eigenvalue weighted by Gasteiger charge is -2.14. The van der Waals surface area contributed by atoms with Gasteiger partial charge in [0, 0.05) is 11.8 Å². The number of aromatic nitrogens is 7. The van der Waals surface area contributed by atoms with E-state index in [1.54, 1.807) is 35.2 Å². The fourth-order valence-corrected chi connectivity index (χ4v) is 4.68. The van der Waals surface area contributed by atoms with Gasteiger partial charge < -0.3 is 14.6 Å². The Bertz CT molecular complexity index is 1850. The molecule has 11 nitrogen and oxygen atoms in total. The highest BCUT2D eigenvalue weighted by atomic mass is 16.5. The Kier molecular flexibility index (Phi) is 6.82. The van der Waals surface area contributed by atoms with E-state index in [9.17, 15) is 9.90 Å². The number of carboxylic acids is 1. The Morgan fingerprint density at radius 2 is 1.90 bits per heavy atom. The normalized spacial score (nSPS) is 11.1. The molecule has 0 aliphatic heterocycles. The van der Waals surface area contributed by atoms with Crippen LogP contribution in [0.3, 0.4) is 0 Å². The van der Waals surface area contributed by atoms with Crippen LogP contribution in [0.2, 0.25) is 0 Å². The summed E-state index contributed by atoms with van der Waals surface area (Å²) in [5.74, 6) is 0.743. The summed E-state index contributed by atoms with van der Waals surface area (Å²) in [6.07, 6.45) is 3.41. The predicted octanol–water partition coefficient (Wildman–Crippen LogP) is 5.52. The first-order valence-corrected chi connectivity index (χ1v) is 12.9. The number of H-pyrrole nitrogens is 1. The third kappa shape index (κ3) is 5.08. The van der Waals surface area contributed by atoms with Crippen LogP contribution in [-0.4, -0.2) is 52.8 Å². The van der Waals surface area contributed by atoms with Crippen LogP contribution in [0.25, 0.3) is 33.5 Å². The molecule has 3 aromatic carbocycles. The van der Waals surface area contributed by atoms with Gasteiger partial charge in [-0.15, -0.1) is 10.2 Å². The molecule has 0 atom stereocenters. The molecule has 0 aliphatic rings. The van der Waals surface area contributed by atoms with Gasteiger partial charge in [0.1, 0.15) is 11.5 Å².